The first-order valence-electron chi connectivity index (χ1n) is 6.42. The van der Waals surface area contributed by atoms with Crippen molar-refractivity contribution in [1.82, 2.24) is 0 Å². The van der Waals surface area contributed by atoms with Crippen LogP contribution in [0.4, 0.5) is 0 Å². The highest BCUT2D eigenvalue weighted by atomic mass is 16.5. The van der Waals surface area contributed by atoms with Gasteiger partial charge in [-0.05, 0) is 32.6 Å². The van der Waals surface area contributed by atoms with Gasteiger partial charge in [-0.15, -0.1) is 6.58 Å². The number of hydrogen-bond acceptors (Lipinski definition) is 2. The number of carbonyl (C=O) groups excluding carboxylic acids is 1. The Kier molecular flexibility index (Phi) is 11.8. The predicted molar refractivity (Wildman–Crippen MR) is 72.8 cm³/mol. The summed E-state index contributed by atoms with van der Waals surface area (Å²) in [6.07, 6.45) is 16.3. The molecule has 0 aliphatic rings. The van der Waals surface area contributed by atoms with Crippen molar-refractivity contribution >= 4 is 5.97 Å². The minimum Gasteiger partial charge on any atom is -0.463 e. The fourth-order valence-corrected chi connectivity index (χ4v) is 1.40. The molecule has 2 nitrogen and oxygen atoms in total. The molecule has 0 amide bonds. The molecule has 0 radical (unpaired) electrons. The van der Waals surface area contributed by atoms with Crippen LogP contribution < -0.4 is 0 Å². The molecule has 0 aromatic heterocycles. The Bertz CT molecular complexity index is 252. The van der Waals surface area contributed by atoms with E-state index in [9.17, 15) is 4.79 Å². The molecule has 0 aliphatic carbocycles. The second kappa shape index (κ2) is 12.8. The van der Waals surface area contributed by atoms with Crippen LogP contribution >= 0.6 is 0 Å². The van der Waals surface area contributed by atoms with Crippen LogP contribution in [0.15, 0.2) is 37.0 Å². The number of rotatable bonds is 10. The fourth-order valence-electron chi connectivity index (χ4n) is 1.40. The summed E-state index contributed by atoms with van der Waals surface area (Å²) in [5.41, 5.74) is 0. The number of unbranched alkanes of at least 4 members (excludes halogenated alkanes) is 5. The third-order valence-corrected chi connectivity index (χ3v) is 2.30. The van der Waals surface area contributed by atoms with Crippen molar-refractivity contribution in [2.45, 2.75) is 45.4 Å². The van der Waals surface area contributed by atoms with Gasteiger partial charge in [-0.1, -0.05) is 37.1 Å². The number of esters is 1. The molecule has 0 aromatic rings. The second-order valence-electron chi connectivity index (χ2n) is 3.82. The van der Waals surface area contributed by atoms with Gasteiger partial charge in [-0.3, -0.25) is 0 Å². The zero-order valence-corrected chi connectivity index (χ0v) is 10.9. The van der Waals surface area contributed by atoms with E-state index in [1.807, 2.05) is 12.2 Å². The molecule has 0 saturated heterocycles. The lowest BCUT2D eigenvalue weighted by molar-refractivity contribution is -0.137. The maximum Gasteiger partial charge on any atom is 0.330 e. The number of hydrogen-bond donors (Lipinski definition) is 0. The molecule has 0 heterocycles. The highest BCUT2D eigenvalue weighted by molar-refractivity contribution is 5.82. The monoisotopic (exact) mass is 236 g/mol. The van der Waals surface area contributed by atoms with E-state index in [1.165, 1.54) is 31.8 Å². The molecule has 0 bridgehead atoms. The van der Waals surface area contributed by atoms with Gasteiger partial charge in [0.2, 0.25) is 0 Å². The van der Waals surface area contributed by atoms with E-state index in [0.717, 1.165) is 12.8 Å². The Hall–Kier alpha value is -1.31. The third-order valence-electron chi connectivity index (χ3n) is 2.30. The average molecular weight is 236 g/mol. The van der Waals surface area contributed by atoms with Crippen LogP contribution in [0.25, 0.3) is 0 Å². The van der Waals surface area contributed by atoms with Crippen LogP contribution in [-0.4, -0.2) is 12.6 Å². The maximum absolute atomic E-state index is 10.9. The van der Waals surface area contributed by atoms with Crippen LogP contribution in [0.3, 0.4) is 0 Å². The lowest BCUT2D eigenvalue weighted by Gasteiger charge is -1.96. The summed E-state index contributed by atoms with van der Waals surface area (Å²) < 4.78 is 4.76. The zero-order chi connectivity index (χ0) is 12.8. The molecule has 0 aromatic carbocycles. The normalized spacial score (nSPS) is 11.1. The lowest BCUT2D eigenvalue weighted by Crippen LogP contribution is -1.98. The number of allylic oxidation sites excluding steroid dienone is 4. The van der Waals surface area contributed by atoms with Crippen molar-refractivity contribution in [3.8, 4) is 0 Å². The molecule has 0 N–H and O–H groups in total. The average Bonchev–Trinajstić information content (AvgIpc) is 2.32. The first-order valence-corrected chi connectivity index (χ1v) is 6.42. The van der Waals surface area contributed by atoms with Gasteiger partial charge in [0.15, 0.2) is 0 Å². The van der Waals surface area contributed by atoms with E-state index < -0.39 is 0 Å². The van der Waals surface area contributed by atoms with Gasteiger partial charge in [-0.25, -0.2) is 4.79 Å². The van der Waals surface area contributed by atoms with E-state index in [4.69, 9.17) is 4.74 Å². The van der Waals surface area contributed by atoms with Crippen molar-refractivity contribution in [3.05, 3.63) is 37.0 Å². The molecule has 0 unspecified atom stereocenters. The van der Waals surface area contributed by atoms with Crippen molar-refractivity contribution in [2.75, 3.05) is 6.61 Å². The van der Waals surface area contributed by atoms with E-state index in [2.05, 4.69) is 12.7 Å². The topological polar surface area (TPSA) is 26.3 Å². The quantitative estimate of drug-likeness (QED) is 0.187. The zero-order valence-electron chi connectivity index (χ0n) is 10.9. The molecule has 0 saturated carbocycles. The van der Waals surface area contributed by atoms with Crippen LogP contribution in [0.5, 0.6) is 0 Å². The third kappa shape index (κ3) is 12.6. The van der Waals surface area contributed by atoms with Crippen molar-refractivity contribution in [3.63, 3.8) is 0 Å². The Labute approximate surface area is 105 Å². The highest BCUT2D eigenvalue weighted by Crippen LogP contribution is 2.05. The molecule has 0 spiro atoms. The number of ether oxygens (including phenoxy) is 1. The van der Waals surface area contributed by atoms with Gasteiger partial charge in [0.05, 0.1) is 6.61 Å². The Balaban J connectivity index is 3.36. The van der Waals surface area contributed by atoms with E-state index in [1.54, 1.807) is 13.0 Å². The molecule has 17 heavy (non-hydrogen) atoms. The Morgan fingerprint density at radius 1 is 1.12 bits per heavy atom. The Morgan fingerprint density at radius 3 is 2.47 bits per heavy atom. The van der Waals surface area contributed by atoms with E-state index >= 15 is 0 Å². The molecular weight excluding hydrogens is 212 g/mol. The summed E-state index contributed by atoms with van der Waals surface area (Å²) in [5.74, 6) is -0.276. The molecule has 0 aliphatic heterocycles. The largest absolute Gasteiger partial charge is 0.463 e. The first kappa shape index (κ1) is 15.7. The SMILES string of the molecule is C=CCCCCCC/C=C/C=C/C(=O)OCC. The summed E-state index contributed by atoms with van der Waals surface area (Å²) in [6.45, 7) is 5.93. The summed E-state index contributed by atoms with van der Waals surface area (Å²) in [6, 6.07) is 0. The van der Waals surface area contributed by atoms with E-state index in [0.29, 0.717) is 6.61 Å². The first-order chi connectivity index (χ1) is 8.31. The van der Waals surface area contributed by atoms with Gasteiger partial charge in [-0.2, -0.15) is 0 Å². The van der Waals surface area contributed by atoms with Gasteiger partial charge in [0, 0.05) is 6.08 Å². The molecular formula is C15H24O2. The summed E-state index contributed by atoms with van der Waals surface area (Å²) in [7, 11) is 0. The summed E-state index contributed by atoms with van der Waals surface area (Å²) in [4.78, 5) is 10.9. The smallest absolute Gasteiger partial charge is 0.330 e. The standard InChI is InChI=1S/C15H24O2/c1-3-5-6-7-8-9-10-11-12-13-14-15(16)17-4-2/h3,11-14H,1,4-10H2,2H3/b12-11+,14-13+. The summed E-state index contributed by atoms with van der Waals surface area (Å²) >= 11 is 0. The second-order valence-corrected chi connectivity index (χ2v) is 3.82. The van der Waals surface area contributed by atoms with Crippen LogP contribution in [0.2, 0.25) is 0 Å². The van der Waals surface area contributed by atoms with Crippen LogP contribution in [0.1, 0.15) is 45.4 Å². The van der Waals surface area contributed by atoms with Crippen molar-refractivity contribution in [2.24, 2.45) is 0 Å². The molecule has 0 fully saturated rings. The van der Waals surface area contributed by atoms with Crippen LogP contribution in [-0.2, 0) is 9.53 Å². The van der Waals surface area contributed by atoms with Gasteiger partial charge >= 0.3 is 5.97 Å². The minimum atomic E-state index is -0.276. The van der Waals surface area contributed by atoms with Gasteiger partial charge < -0.3 is 4.74 Å². The number of carbonyl (C=O) groups is 1. The van der Waals surface area contributed by atoms with Crippen LogP contribution in [0, 0.1) is 0 Å². The van der Waals surface area contributed by atoms with E-state index in [-0.39, 0.29) is 5.97 Å². The Morgan fingerprint density at radius 2 is 1.82 bits per heavy atom. The predicted octanol–water partition coefficient (Wildman–Crippen LogP) is 4.19. The lowest BCUT2D eigenvalue weighted by atomic mass is 10.1. The molecule has 2 heteroatoms. The van der Waals surface area contributed by atoms with Gasteiger partial charge in [0.1, 0.15) is 0 Å². The summed E-state index contributed by atoms with van der Waals surface area (Å²) in [5, 5.41) is 0. The molecule has 96 valence electrons. The molecule has 0 rings (SSSR count). The van der Waals surface area contributed by atoms with Gasteiger partial charge in [0.25, 0.3) is 0 Å². The fraction of sp³-hybridized carbons (Fsp3) is 0.533. The highest BCUT2D eigenvalue weighted by Gasteiger charge is 1.90. The maximum atomic E-state index is 10.9. The van der Waals surface area contributed by atoms with Crippen molar-refractivity contribution < 1.29 is 9.53 Å². The molecule has 0 atom stereocenters. The minimum absolute atomic E-state index is 0.276. The van der Waals surface area contributed by atoms with Crippen molar-refractivity contribution in [1.29, 1.82) is 0 Å².